The molecule has 1 aromatic rings. The Kier molecular flexibility index (Phi) is 4.12. The average Bonchev–Trinajstić information content (AvgIpc) is 3.07. The van der Waals surface area contributed by atoms with Crippen molar-refractivity contribution in [1.29, 1.82) is 0 Å². The molecule has 20 heavy (non-hydrogen) atoms. The molecular formula is C16H23ClN2O. The Morgan fingerprint density at radius 2 is 2.05 bits per heavy atom. The van der Waals surface area contributed by atoms with Crippen LogP contribution in [0.5, 0.6) is 0 Å². The van der Waals surface area contributed by atoms with E-state index in [0.717, 1.165) is 24.9 Å². The molecule has 1 saturated carbocycles. The summed E-state index contributed by atoms with van der Waals surface area (Å²) in [6.07, 6.45) is 2.12. The number of halogens is 1. The predicted octanol–water partition coefficient (Wildman–Crippen LogP) is 2.83. The zero-order valence-corrected chi connectivity index (χ0v) is 13.4. The van der Waals surface area contributed by atoms with Gasteiger partial charge in [0.05, 0.1) is 11.0 Å². The zero-order valence-electron chi connectivity index (χ0n) is 12.7. The SMILES string of the molecule is CN(C)CC1(NC(=O)C(C)(C)c2cccc(Cl)c2)CC1. The molecule has 1 N–H and O–H groups in total. The van der Waals surface area contributed by atoms with Crippen molar-refractivity contribution >= 4 is 17.5 Å². The molecule has 0 saturated heterocycles. The quantitative estimate of drug-likeness (QED) is 0.906. The molecule has 0 aliphatic heterocycles. The van der Waals surface area contributed by atoms with Crippen LogP contribution in [-0.4, -0.2) is 37.0 Å². The lowest BCUT2D eigenvalue weighted by Gasteiger charge is -2.29. The van der Waals surface area contributed by atoms with E-state index in [-0.39, 0.29) is 11.4 Å². The van der Waals surface area contributed by atoms with E-state index in [0.29, 0.717) is 5.02 Å². The summed E-state index contributed by atoms with van der Waals surface area (Å²) in [5, 5.41) is 3.90. The summed E-state index contributed by atoms with van der Waals surface area (Å²) in [5.74, 6) is 0.0686. The van der Waals surface area contributed by atoms with Crippen LogP contribution in [-0.2, 0) is 10.2 Å². The third-order valence-corrected chi connectivity index (χ3v) is 4.20. The van der Waals surface area contributed by atoms with Crippen molar-refractivity contribution in [3.05, 3.63) is 34.9 Å². The van der Waals surface area contributed by atoms with Crippen LogP contribution in [0.2, 0.25) is 5.02 Å². The summed E-state index contributed by atoms with van der Waals surface area (Å²) >= 11 is 6.03. The zero-order chi connectivity index (χ0) is 15.0. The Labute approximate surface area is 126 Å². The van der Waals surface area contributed by atoms with Crippen LogP contribution >= 0.6 is 11.6 Å². The fourth-order valence-electron chi connectivity index (χ4n) is 2.48. The number of carbonyl (C=O) groups excluding carboxylic acids is 1. The Hall–Kier alpha value is -1.06. The van der Waals surface area contributed by atoms with Crippen molar-refractivity contribution < 1.29 is 4.79 Å². The number of hydrogen-bond donors (Lipinski definition) is 1. The predicted molar refractivity (Wildman–Crippen MR) is 83.1 cm³/mol. The standard InChI is InChI=1S/C16H23ClN2O/c1-15(2,12-6-5-7-13(17)10-12)14(20)18-16(8-9-16)11-19(3)4/h5-7,10H,8-9,11H2,1-4H3,(H,18,20). The smallest absolute Gasteiger partial charge is 0.230 e. The van der Waals surface area contributed by atoms with Crippen molar-refractivity contribution in [1.82, 2.24) is 10.2 Å². The van der Waals surface area contributed by atoms with Crippen molar-refractivity contribution in [2.24, 2.45) is 0 Å². The normalized spacial score (nSPS) is 17.1. The second kappa shape index (κ2) is 5.38. The highest BCUT2D eigenvalue weighted by Crippen LogP contribution is 2.37. The van der Waals surface area contributed by atoms with Gasteiger partial charge >= 0.3 is 0 Å². The molecule has 3 nitrogen and oxygen atoms in total. The molecular weight excluding hydrogens is 272 g/mol. The number of rotatable bonds is 5. The van der Waals surface area contributed by atoms with Gasteiger partial charge in [-0.05, 0) is 58.5 Å². The lowest BCUT2D eigenvalue weighted by Crippen LogP contribution is -2.50. The molecule has 0 radical (unpaired) electrons. The summed E-state index contributed by atoms with van der Waals surface area (Å²) < 4.78 is 0. The minimum atomic E-state index is -0.577. The number of likely N-dealkylation sites (N-methyl/N-ethyl adjacent to an activating group) is 1. The van der Waals surface area contributed by atoms with Crippen LogP contribution in [0.25, 0.3) is 0 Å². The molecule has 0 heterocycles. The van der Waals surface area contributed by atoms with Crippen molar-refractivity contribution in [2.45, 2.75) is 37.6 Å². The van der Waals surface area contributed by atoms with E-state index in [1.54, 1.807) is 0 Å². The first-order valence-electron chi connectivity index (χ1n) is 6.99. The van der Waals surface area contributed by atoms with E-state index in [2.05, 4.69) is 10.2 Å². The Bertz CT molecular complexity index is 507. The minimum Gasteiger partial charge on any atom is -0.349 e. The van der Waals surface area contributed by atoms with E-state index in [9.17, 15) is 4.79 Å². The monoisotopic (exact) mass is 294 g/mol. The number of benzene rings is 1. The maximum absolute atomic E-state index is 12.6. The van der Waals surface area contributed by atoms with Crippen molar-refractivity contribution in [3.63, 3.8) is 0 Å². The Morgan fingerprint density at radius 1 is 1.40 bits per heavy atom. The Morgan fingerprint density at radius 3 is 2.55 bits per heavy atom. The van der Waals surface area contributed by atoms with Crippen LogP contribution in [0, 0.1) is 0 Å². The molecule has 2 rings (SSSR count). The summed E-state index contributed by atoms with van der Waals surface area (Å²) in [6, 6.07) is 7.54. The molecule has 1 aliphatic carbocycles. The first kappa shape index (κ1) is 15.3. The van der Waals surface area contributed by atoms with E-state index in [1.807, 2.05) is 52.2 Å². The summed E-state index contributed by atoms with van der Waals surface area (Å²) in [6.45, 7) is 4.78. The highest BCUT2D eigenvalue weighted by Gasteiger charge is 2.46. The minimum absolute atomic E-state index is 0.0313. The first-order valence-corrected chi connectivity index (χ1v) is 7.36. The van der Waals surface area contributed by atoms with Gasteiger partial charge in [0.25, 0.3) is 0 Å². The van der Waals surface area contributed by atoms with Gasteiger partial charge in [-0.15, -0.1) is 0 Å². The van der Waals surface area contributed by atoms with Gasteiger partial charge in [-0.1, -0.05) is 23.7 Å². The molecule has 0 atom stereocenters. The maximum Gasteiger partial charge on any atom is 0.230 e. The molecule has 0 bridgehead atoms. The summed E-state index contributed by atoms with van der Waals surface area (Å²) in [4.78, 5) is 14.8. The third kappa shape index (κ3) is 3.33. The summed E-state index contributed by atoms with van der Waals surface area (Å²) in [7, 11) is 4.07. The number of hydrogen-bond acceptors (Lipinski definition) is 2. The fourth-order valence-corrected chi connectivity index (χ4v) is 2.67. The molecule has 0 spiro atoms. The van der Waals surface area contributed by atoms with Gasteiger partial charge < -0.3 is 10.2 Å². The van der Waals surface area contributed by atoms with Crippen LogP contribution in [0.4, 0.5) is 0 Å². The van der Waals surface area contributed by atoms with Gasteiger partial charge in [0.15, 0.2) is 0 Å². The maximum atomic E-state index is 12.6. The number of carbonyl (C=O) groups is 1. The molecule has 0 aromatic heterocycles. The fraction of sp³-hybridized carbons (Fsp3) is 0.562. The molecule has 1 aromatic carbocycles. The van der Waals surface area contributed by atoms with Crippen molar-refractivity contribution in [2.75, 3.05) is 20.6 Å². The Balaban J connectivity index is 2.12. The molecule has 4 heteroatoms. The topological polar surface area (TPSA) is 32.3 Å². The molecule has 1 aliphatic rings. The van der Waals surface area contributed by atoms with E-state index >= 15 is 0 Å². The van der Waals surface area contributed by atoms with Crippen molar-refractivity contribution in [3.8, 4) is 0 Å². The van der Waals surface area contributed by atoms with Crippen LogP contribution in [0.1, 0.15) is 32.3 Å². The lowest BCUT2D eigenvalue weighted by atomic mass is 9.83. The second-order valence-electron chi connectivity index (χ2n) is 6.61. The van der Waals surface area contributed by atoms with Crippen LogP contribution in [0.3, 0.4) is 0 Å². The van der Waals surface area contributed by atoms with Crippen LogP contribution in [0.15, 0.2) is 24.3 Å². The third-order valence-electron chi connectivity index (χ3n) is 3.97. The van der Waals surface area contributed by atoms with Gasteiger partial charge in [-0.3, -0.25) is 4.79 Å². The molecule has 1 fully saturated rings. The lowest BCUT2D eigenvalue weighted by molar-refractivity contribution is -0.126. The van der Waals surface area contributed by atoms with E-state index in [4.69, 9.17) is 11.6 Å². The number of nitrogens with one attached hydrogen (secondary N) is 1. The van der Waals surface area contributed by atoms with E-state index in [1.165, 1.54) is 0 Å². The van der Waals surface area contributed by atoms with Gasteiger partial charge in [0.2, 0.25) is 5.91 Å². The van der Waals surface area contributed by atoms with Gasteiger partial charge in [0, 0.05) is 11.6 Å². The van der Waals surface area contributed by atoms with Crippen LogP contribution < -0.4 is 5.32 Å². The molecule has 1 amide bonds. The number of nitrogens with zero attached hydrogens (tertiary/aromatic N) is 1. The highest BCUT2D eigenvalue weighted by molar-refractivity contribution is 6.30. The molecule has 0 unspecified atom stereocenters. The van der Waals surface area contributed by atoms with Gasteiger partial charge in [-0.25, -0.2) is 0 Å². The van der Waals surface area contributed by atoms with E-state index < -0.39 is 5.41 Å². The number of amides is 1. The first-order chi connectivity index (χ1) is 9.25. The highest BCUT2D eigenvalue weighted by atomic mass is 35.5. The average molecular weight is 295 g/mol. The largest absolute Gasteiger partial charge is 0.349 e. The second-order valence-corrected chi connectivity index (χ2v) is 7.04. The van der Waals surface area contributed by atoms with Gasteiger partial charge in [0.1, 0.15) is 0 Å². The van der Waals surface area contributed by atoms with Gasteiger partial charge in [-0.2, -0.15) is 0 Å². The summed E-state index contributed by atoms with van der Waals surface area (Å²) in [5.41, 5.74) is 0.339. The molecule has 110 valence electrons.